The molecule has 0 amide bonds. The summed E-state index contributed by atoms with van der Waals surface area (Å²) in [6, 6.07) is 7.35. The van der Waals surface area contributed by atoms with E-state index in [9.17, 15) is 0 Å². The molecule has 0 aliphatic heterocycles. The Kier molecular flexibility index (Phi) is 0.646. The first-order chi connectivity index (χ1) is 4.88. The fraction of sp³-hybridized carbons (Fsp3) is 0. The molecule has 0 N–H and O–H groups in total. The fourth-order valence-electron chi connectivity index (χ4n) is 0.761. The molecule has 2 nitrogen and oxygen atoms in total. The molecule has 0 radical (unpaired) electrons. The van der Waals surface area contributed by atoms with Crippen LogP contribution in [0.5, 0.6) is 0 Å². The molecule has 2 aromatic rings. The van der Waals surface area contributed by atoms with Gasteiger partial charge in [0.2, 0.25) is 0 Å². The van der Waals surface area contributed by atoms with E-state index in [0.29, 0.717) is 0 Å². The van der Waals surface area contributed by atoms with Crippen molar-refractivity contribution in [2.24, 2.45) is 0 Å². The highest BCUT2D eigenvalue weighted by molar-refractivity contribution is 5.76. The Morgan fingerprint density at radius 2 is 2.33 bits per heavy atom. The SMILES string of the molecule is [2H]c1onc2ccccc12. The quantitative estimate of drug-likeness (QED) is 0.530. The second-order valence-corrected chi connectivity index (χ2v) is 1.80. The molecular formula is C7H5NO. The van der Waals surface area contributed by atoms with Crippen LogP contribution in [0.4, 0.5) is 0 Å². The van der Waals surface area contributed by atoms with Crippen molar-refractivity contribution < 1.29 is 5.89 Å². The van der Waals surface area contributed by atoms with Gasteiger partial charge in [-0.05, 0) is 12.1 Å². The van der Waals surface area contributed by atoms with Crippen LogP contribution >= 0.6 is 0 Å². The molecule has 0 spiro atoms. The Morgan fingerprint density at radius 3 is 3.22 bits per heavy atom. The monoisotopic (exact) mass is 120 g/mol. The number of fused-ring (bicyclic) bond motifs is 1. The Bertz CT molecular complexity index is 355. The van der Waals surface area contributed by atoms with E-state index in [1.165, 1.54) is 0 Å². The smallest absolute Gasteiger partial charge is 0.131 e. The van der Waals surface area contributed by atoms with Crippen LogP contribution < -0.4 is 0 Å². The minimum atomic E-state index is 0.135. The fourth-order valence-corrected chi connectivity index (χ4v) is 0.761. The van der Waals surface area contributed by atoms with Gasteiger partial charge in [0.05, 0.1) is 0 Å². The molecule has 0 unspecified atom stereocenters. The summed E-state index contributed by atoms with van der Waals surface area (Å²) in [5.74, 6) is 0. The van der Waals surface area contributed by atoms with Gasteiger partial charge in [-0.15, -0.1) is 0 Å². The van der Waals surface area contributed by atoms with E-state index in [2.05, 4.69) is 9.68 Å². The second kappa shape index (κ2) is 1.58. The van der Waals surface area contributed by atoms with Crippen LogP contribution in [-0.2, 0) is 0 Å². The largest absolute Gasteiger partial charge is 0.364 e. The van der Waals surface area contributed by atoms with Gasteiger partial charge in [0.15, 0.2) is 0 Å². The summed E-state index contributed by atoms with van der Waals surface area (Å²) in [5, 5.41) is 4.42. The number of hydrogen-bond acceptors (Lipinski definition) is 2. The highest BCUT2D eigenvalue weighted by atomic mass is 16.5. The molecule has 2 heteroatoms. The van der Waals surface area contributed by atoms with Crippen molar-refractivity contribution in [3.63, 3.8) is 0 Å². The third-order valence-electron chi connectivity index (χ3n) is 1.20. The number of benzene rings is 1. The van der Waals surface area contributed by atoms with Gasteiger partial charge < -0.3 is 4.52 Å². The molecule has 1 aromatic heterocycles. The maximum Gasteiger partial charge on any atom is 0.131 e. The number of rotatable bonds is 0. The van der Waals surface area contributed by atoms with Crippen LogP contribution in [0.1, 0.15) is 1.37 Å². The zero-order valence-electron chi connectivity index (χ0n) is 5.66. The number of nitrogens with zero attached hydrogens (tertiary/aromatic N) is 1. The third kappa shape index (κ3) is 0.598. The van der Waals surface area contributed by atoms with Gasteiger partial charge in [0, 0.05) is 5.39 Å². The Hall–Kier alpha value is -1.31. The van der Waals surface area contributed by atoms with Gasteiger partial charge in [-0.25, -0.2) is 0 Å². The summed E-state index contributed by atoms with van der Waals surface area (Å²) in [6.45, 7) is 0. The Balaban J connectivity index is 2.93. The van der Waals surface area contributed by atoms with Crippen LogP contribution in [0.3, 0.4) is 0 Å². The van der Waals surface area contributed by atoms with Crippen molar-refractivity contribution in [2.75, 3.05) is 0 Å². The lowest BCUT2D eigenvalue weighted by Crippen LogP contribution is -1.61. The first kappa shape index (κ1) is 3.67. The van der Waals surface area contributed by atoms with Crippen LogP contribution in [0, 0.1) is 0 Å². The maximum absolute atomic E-state index is 7.21. The van der Waals surface area contributed by atoms with E-state index in [1.54, 1.807) is 0 Å². The highest BCUT2D eigenvalue weighted by Crippen LogP contribution is 2.09. The maximum atomic E-state index is 7.21. The molecular weight excluding hydrogens is 114 g/mol. The first-order valence-electron chi connectivity index (χ1n) is 3.19. The van der Waals surface area contributed by atoms with Gasteiger partial charge >= 0.3 is 0 Å². The molecule has 9 heavy (non-hydrogen) atoms. The molecule has 1 aromatic carbocycles. The summed E-state index contributed by atoms with van der Waals surface area (Å²) in [5.41, 5.74) is 0.743. The van der Waals surface area contributed by atoms with E-state index >= 15 is 0 Å². The molecule has 0 saturated heterocycles. The van der Waals surface area contributed by atoms with E-state index in [0.717, 1.165) is 10.9 Å². The zero-order chi connectivity index (χ0) is 6.97. The first-order valence-corrected chi connectivity index (χ1v) is 2.69. The lowest BCUT2D eigenvalue weighted by atomic mass is 10.3. The molecule has 1 heterocycles. The van der Waals surface area contributed by atoms with Crippen molar-refractivity contribution in [1.82, 2.24) is 5.16 Å². The molecule has 44 valence electrons. The van der Waals surface area contributed by atoms with Crippen LogP contribution in [-0.4, -0.2) is 5.16 Å². The average Bonchev–Trinajstić information content (AvgIpc) is 2.34. The van der Waals surface area contributed by atoms with Crippen molar-refractivity contribution in [1.29, 1.82) is 0 Å². The minimum absolute atomic E-state index is 0.135. The Labute approximate surface area is 53.5 Å². The molecule has 0 aliphatic rings. The van der Waals surface area contributed by atoms with Crippen LogP contribution in [0.2, 0.25) is 0 Å². The van der Waals surface area contributed by atoms with Crippen molar-refractivity contribution in [2.45, 2.75) is 0 Å². The van der Waals surface area contributed by atoms with Gasteiger partial charge in [-0.3, -0.25) is 0 Å². The van der Waals surface area contributed by atoms with E-state index in [1.807, 2.05) is 24.3 Å². The molecule has 0 bridgehead atoms. The molecule has 2 rings (SSSR count). The number of hydrogen-bond donors (Lipinski definition) is 0. The van der Waals surface area contributed by atoms with E-state index in [-0.39, 0.29) is 6.24 Å². The summed E-state index contributed by atoms with van der Waals surface area (Å²) in [7, 11) is 0. The van der Waals surface area contributed by atoms with Crippen molar-refractivity contribution >= 4 is 10.9 Å². The van der Waals surface area contributed by atoms with Crippen LogP contribution in [0.15, 0.2) is 35.0 Å². The van der Waals surface area contributed by atoms with Gasteiger partial charge in [0.1, 0.15) is 13.1 Å². The molecule has 0 fully saturated rings. The predicted octanol–water partition coefficient (Wildman–Crippen LogP) is 1.83. The van der Waals surface area contributed by atoms with Crippen molar-refractivity contribution in [3.05, 3.63) is 30.5 Å². The minimum Gasteiger partial charge on any atom is -0.364 e. The second-order valence-electron chi connectivity index (χ2n) is 1.80. The molecule has 0 atom stereocenters. The summed E-state index contributed by atoms with van der Waals surface area (Å²) in [6.07, 6.45) is 0.135. The standard InChI is InChI=1S/C7H5NO/c1-2-4-7-6(3-1)5-9-8-7/h1-5H/i5D. The third-order valence-corrected chi connectivity index (χ3v) is 1.20. The van der Waals surface area contributed by atoms with Gasteiger partial charge in [0.25, 0.3) is 0 Å². The average molecular weight is 120 g/mol. The zero-order valence-corrected chi connectivity index (χ0v) is 4.66. The Morgan fingerprint density at radius 1 is 1.44 bits per heavy atom. The topological polar surface area (TPSA) is 26.0 Å². The van der Waals surface area contributed by atoms with Crippen LogP contribution in [0.25, 0.3) is 10.9 Å². The van der Waals surface area contributed by atoms with Crippen molar-refractivity contribution in [3.8, 4) is 0 Å². The van der Waals surface area contributed by atoms with Gasteiger partial charge in [-0.1, -0.05) is 17.3 Å². The molecule has 0 saturated carbocycles. The summed E-state index contributed by atoms with van der Waals surface area (Å²) >= 11 is 0. The molecule has 0 aliphatic carbocycles. The van der Waals surface area contributed by atoms with E-state index in [4.69, 9.17) is 1.37 Å². The van der Waals surface area contributed by atoms with E-state index < -0.39 is 0 Å². The normalized spacial score (nSPS) is 11.8. The number of aromatic nitrogens is 1. The van der Waals surface area contributed by atoms with Gasteiger partial charge in [-0.2, -0.15) is 0 Å². The summed E-state index contributed by atoms with van der Waals surface area (Å²) in [4.78, 5) is 0. The summed E-state index contributed by atoms with van der Waals surface area (Å²) < 4.78 is 11.8. The lowest BCUT2D eigenvalue weighted by Gasteiger charge is -1.78. The highest BCUT2D eigenvalue weighted by Gasteiger charge is 1.91. The lowest BCUT2D eigenvalue weighted by molar-refractivity contribution is 0.428. The predicted molar refractivity (Wildman–Crippen MR) is 34.0 cm³/mol.